The molecular weight excluding hydrogens is 531 g/mol. The van der Waals surface area contributed by atoms with Crippen LogP contribution in [0.3, 0.4) is 0 Å². The van der Waals surface area contributed by atoms with Crippen molar-refractivity contribution in [3.8, 4) is 0 Å². The minimum absolute atomic E-state index is 0.0289. The fraction of sp³-hybridized carbons (Fsp3) is 0.409. The van der Waals surface area contributed by atoms with Crippen LogP contribution in [-0.2, 0) is 25.5 Å². The Morgan fingerprint density at radius 2 is 1.95 bits per heavy atom. The number of imidazole rings is 1. The number of fused-ring (bicyclic) bond motifs is 1. The van der Waals surface area contributed by atoms with Crippen LogP contribution in [0, 0.1) is 0 Å². The molecule has 1 aliphatic heterocycles. The molecule has 0 spiro atoms. The number of aliphatic hydroxyl groups is 2. The highest BCUT2D eigenvalue weighted by Gasteiger charge is 2.52. The molecule has 5 atom stereocenters. The van der Waals surface area contributed by atoms with Crippen LogP contribution in [0.25, 0.3) is 11.2 Å². The van der Waals surface area contributed by atoms with E-state index in [0.717, 1.165) is 10.9 Å². The zero-order chi connectivity index (χ0) is 27.8. The summed E-state index contributed by atoms with van der Waals surface area (Å²) in [7, 11) is 1.53. The minimum Gasteiger partial charge on any atom is -0.479 e. The summed E-state index contributed by atoms with van der Waals surface area (Å²) in [6.45, 7) is -0.780. The number of halogens is 2. The van der Waals surface area contributed by atoms with Crippen LogP contribution in [-0.4, -0.2) is 89.5 Å². The number of anilines is 1. The molecule has 1 saturated heterocycles. The topological polar surface area (TPSA) is 215 Å². The second-order valence-electron chi connectivity index (χ2n) is 8.56. The number of nitrogens with one attached hydrogen (secondary N) is 1. The number of alkyl halides is 1. The third-order valence-corrected chi connectivity index (χ3v) is 6.37. The Morgan fingerprint density at radius 3 is 2.55 bits per heavy atom. The van der Waals surface area contributed by atoms with Crippen molar-refractivity contribution in [1.29, 1.82) is 0 Å². The van der Waals surface area contributed by atoms with Crippen molar-refractivity contribution in [1.82, 2.24) is 24.8 Å². The van der Waals surface area contributed by atoms with Gasteiger partial charge >= 0.3 is 11.9 Å². The molecule has 0 saturated carbocycles. The minimum atomic E-state index is -2.78. The molecule has 1 unspecified atom stereocenters. The van der Waals surface area contributed by atoms with Crippen molar-refractivity contribution in [2.24, 2.45) is 0 Å². The van der Waals surface area contributed by atoms with Gasteiger partial charge in [0, 0.05) is 6.42 Å². The molecule has 16 heteroatoms. The Balaban J connectivity index is 1.55. The molecule has 38 heavy (non-hydrogen) atoms. The van der Waals surface area contributed by atoms with Gasteiger partial charge in [-0.25, -0.2) is 19.0 Å². The highest BCUT2D eigenvalue weighted by Crippen LogP contribution is 2.35. The fourth-order valence-corrected chi connectivity index (χ4v) is 4.25. The van der Waals surface area contributed by atoms with Gasteiger partial charge in [-0.2, -0.15) is 9.97 Å². The number of aromatic nitrogens is 4. The lowest BCUT2D eigenvalue weighted by atomic mass is 9.93. The number of benzene rings is 1. The summed E-state index contributed by atoms with van der Waals surface area (Å²) < 4.78 is 27.2. The Labute approximate surface area is 218 Å². The quantitative estimate of drug-likeness (QED) is 0.111. The van der Waals surface area contributed by atoms with E-state index in [1.54, 1.807) is 0 Å². The van der Waals surface area contributed by atoms with E-state index in [0.29, 0.717) is 5.56 Å². The van der Waals surface area contributed by atoms with Crippen molar-refractivity contribution >= 4 is 40.5 Å². The second-order valence-corrected chi connectivity index (χ2v) is 8.90. The van der Waals surface area contributed by atoms with Gasteiger partial charge < -0.3 is 35.6 Å². The number of carbonyl (C=O) groups is 2. The van der Waals surface area contributed by atoms with E-state index in [9.17, 15) is 30.0 Å². The Morgan fingerprint density at radius 1 is 1.29 bits per heavy atom. The normalized spacial score (nSPS) is 22.6. The lowest BCUT2D eigenvalue weighted by molar-refractivity contribution is -0.190. The average Bonchev–Trinajstić information content (AvgIpc) is 3.42. The van der Waals surface area contributed by atoms with E-state index in [1.165, 1.54) is 31.3 Å². The highest BCUT2D eigenvalue weighted by molar-refractivity contribution is 6.28. The number of aliphatic hydroxyl groups excluding tert-OH is 2. The largest absolute Gasteiger partial charge is 0.479 e. The van der Waals surface area contributed by atoms with Crippen LogP contribution in [0.5, 0.6) is 0 Å². The van der Waals surface area contributed by atoms with Gasteiger partial charge in [0.2, 0.25) is 5.28 Å². The molecule has 14 nitrogen and oxygen atoms in total. The number of nitrogens with two attached hydrogens (primary N) is 1. The molecular formula is C22H24ClFN6O8. The van der Waals surface area contributed by atoms with Crippen LogP contribution < -0.4 is 11.1 Å². The zero-order valence-electron chi connectivity index (χ0n) is 19.7. The third kappa shape index (κ3) is 4.99. The van der Waals surface area contributed by atoms with Gasteiger partial charge in [-0.3, -0.25) is 9.88 Å². The average molecular weight is 555 g/mol. The monoisotopic (exact) mass is 554 g/mol. The summed E-state index contributed by atoms with van der Waals surface area (Å²) in [6, 6.07) is 5.87. The maximum atomic E-state index is 15.1. The first-order chi connectivity index (χ1) is 18.0. The Kier molecular flexibility index (Phi) is 7.78. The lowest BCUT2D eigenvalue weighted by Gasteiger charge is -2.27. The number of ether oxygens (including phenoxy) is 2. The summed E-state index contributed by atoms with van der Waals surface area (Å²) in [5, 5.41) is 42.3. The van der Waals surface area contributed by atoms with Gasteiger partial charge in [0.15, 0.2) is 23.9 Å². The number of rotatable bonds is 10. The van der Waals surface area contributed by atoms with Gasteiger partial charge in [-0.05, 0) is 29.8 Å². The smallest absolute Gasteiger partial charge is 0.348 e. The molecule has 204 valence electrons. The van der Waals surface area contributed by atoms with E-state index < -0.39 is 61.4 Å². The molecule has 0 radical (unpaired) electrons. The SMILES string of the molecule is CNC(O)c1ccc(CC(OC[C@H]2O[C@@H](n3cnc4c(N)nc(Cl)nc43)[C@@H](F)[C@@H]2O)(C(=O)O)C(=O)O)cc1. The second kappa shape index (κ2) is 10.7. The molecule has 1 aromatic carbocycles. The molecule has 0 aliphatic carbocycles. The maximum Gasteiger partial charge on any atom is 0.348 e. The van der Waals surface area contributed by atoms with E-state index >= 15 is 4.39 Å². The first-order valence-corrected chi connectivity index (χ1v) is 11.5. The number of nitrogens with zero attached hydrogens (tertiary/aromatic N) is 4. The number of carboxylic acid groups (broad SMARTS) is 2. The third-order valence-electron chi connectivity index (χ3n) is 6.20. The van der Waals surface area contributed by atoms with Crippen molar-refractivity contribution in [2.75, 3.05) is 19.4 Å². The van der Waals surface area contributed by atoms with E-state index in [-0.39, 0.29) is 27.8 Å². The lowest BCUT2D eigenvalue weighted by Crippen LogP contribution is -2.52. The maximum absolute atomic E-state index is 15.1. The predicted octanol–water partition coefficient (Wildman–Crippen LogP) is 0.0359. The van der Waals surface area contributed by atoms with Crippen molar-refractivity contribution in [3.63, 3.8) is 0 Å². The molecule has 0 bridgehead atoms. The van der Waals surface area contributed by atoms with Crippen LogP contribution in [0.1, 0.15) is 23.6 Å². The van der Waals surface area contributed by atoms with Gasteiger partial charge in [0.25, 0.3) is 5.60 Å². The molecule has 4 rings (SSSR count). The van der Waals surface area contributed by atoms with Crippen molar-refractivity contribution in [3.05, 3.63) is 47.0 Å². The fourth-order valence-electron chi connectivity index (χ4n) is 4.08. The summed E-state index contributed by atoms with van der Waals surface area (Å²) in [6.07, 6.45) is -7.22. The van der Waals surface area contributed by atoms with Crippen molar-refractivity contribution in [2.45, 2.75) is 42.9 Å². The molecule has 7 N–H and O–H groups in total. The number of nitrogen functional groups attached to an aromatic ring is 1. The van der Waals surface area contributed by atoms with Crippen LogP contribution in [0.4, 0.5) is 10.2 Å². The standard InChI is InChI=1S/C22H24ClFN6O8/c1-26-17(32)10-4-2-9(3-5-10)6-22(19(33)34,20(35)36)37-7-11-14(31)12(24)18(38-11)30-8-27-13-15(25)28-21(23)29-16(13)30/h2-5,8,11-12,14,17-18,26,31-32H,6-7H2,1H3,(H,33,34)(H,35,36)(H2,25,28,29)/t11-,12+,14-,17?,18-/m1/s1. The summed E-state index contributed by atoms with van der Waals surface area (Å²) >= 11 is 5.84. The zero-order valence-corrected chi connectivity index (χ0v) is 20.5. The number of hydrogen-bond acceptors (Lipinski definition) is 11. The summed E-state index contributed by atoms with van der Waals surface area (Å²) in [5.74, 6) is -3.69. The molecule has 1 aliphatic rings. The number of carboxylic acids is 2. The number of aliphatic carboxylic acids is 2. The van der Waals surface area contributed by atoms with Gasteiger partial charge in [-0.1, -0.05) is 24.3 Å². The summed E-state index contributed by atoms with van der Waals surface area (Å²) in [5.41, 5.74) is 3.86. The molecule has 1 fully saturated rings. The molecule has 3 heterocycles. The first-order valence-electron chi connectivity index (χ1n) is 11.2. The molecule has 3 aromatic rings. The molecule has 2 aromatic heterocycles. The van der Waals surface area contributed by atoms with Crippen LogP contribution >= 0.6 is 11.6 Å². The van der Waals surface area contributed by atoms with E-state index in [1.807, 2.05) is 0 Å². The predicted molar refractivity (Wildman–Crippen MR) is 128 cm³/mol. The Hall–Kier alpha value is -3.47. The van der Waals surface area contributed by atoms with Crippen LogP contribution in [0.2, 0.25) is 5.28 Å². The van der Waals surface area contributed by atoms with Gasteiger partial charge in [0.05, 0.1) is 12.9 Å². The van der Waals surface area contributed by atoms with E-state index in [2.05, 4.69) is 20.3 Å². The van der Waals surface area contributed by atoms with Gasteiger partial charge in [-0.15, -0.1) is 0 Å². The van der Waals surface area contributed by atoms with Crippen molar-refractivity contribution < 1.29 is 43.9 Å². The van der Waals surface area contributed by atoms with E-state index in [4.69, 9.17) is 26.8 Å². The molecule has 0 amide bonds. The first kappa shape index (κ1) is 27.6. The summed E-state index contributed by atoms with van der Waals surface area (Å²) in [4.78, 5) is 36.0. The van der Waals surface area contributed by atoms with Gasteiger partial charge in [0.1, 0.15) is 24.0 Å². The number of hydrogen-bond donors (Lipinski definition) is 6. The Bertz CT molecular complexity index is 1330. The van der Waals surface area contributed by atoms with Crippen LogP contribution in [0.15, 0.2) is 30.6 Å². The highest BCUT2D eigenvalue weighted by atomic mass is 35.5.